The van der Waals surface area contributed by atoms with Gasteiger partial charge in [-0.15, -0.1) is 0 Å². The molecule has 214 valence electrons. The maximum absolute atomic E-state index is 11.8. The second-order valence-electron chi connectivity index (χ2n) is 9.56. The molecular weight excluding hydrogens is 530 g/mol. The van der Waals surface area contributed by atoms with Crippen LogP contribution in [-0.4, -0.2) is 147 Å². The smallest absolute Gasteiger partial charge is 0.317 e. The third kappa shape index (κ3) is 12.0. The Morgan fingerprint density at radius 2 is 1.31 bits per heavy atom. The number of rotatable bonds is 11. The third-order valence-corrected chi connectivity index (χ3v) is 6.61. The first kappa shape index (κ1) is 32.0. The van der Waals surface area contributed by atoms with E-state index in [-0.39, 0.29) is 71.5 Å². The highest BCUT2D eigenvalue weighted by Gasteiger charge is 2.30. The summed E-state index contributed by atoms with van der Waals surface area (Å²) in [5.41, 5.74) is 1.47. The molecule has 2 unspecified atom stereocenters. The third-order valence-electron chi connectivity index (χ3n) is 6.52. The van der Waals surface area contributed by atoms with Crippen molar-refractivity contribution < 1.29 is 39.6 Å². The number of hydrogen-bond donors (Lipinski definition) is 4. The lowest BCUT2D eigenvalue weighted by atomic mass is 10.0. The lowest BCUT2D eigenvalue weighted by Gasteiger charge is -2.40. The Morgan fingerprint density at radius 3 is 1.87 bits per heavy atom. The summed E-state index contributed by atoms with van der Waals surface area (Å²) in [6.07, 6.45) is 0.384. The van der Waals surface area contributed by atoms with E-state index in [1.807, 2.05) is 12.1 Å². The molecule has 0 radical (unpaired) electrons. The minimum atomic E-state index is -1.06. The zero-order valence-electron chi connectivity index (χ0n) is 21.8. The van der Waals surface area contributed by atoms with Gasteiger partial charge < -0.3 is 20.4 Å². The van der Waals surface area contributed by atoms with Gasteiger partial charge in [0.2, 0.25) is 0 Å². The first-order chi connectivity index (χ1) is 18.5. The number of benzene rings is 1. The number of hydrogen-bond acceptors (Lipinski definition) is 10. The van der Waals surface area contributed by atoms with Crippen LogP contribution in [0.3, 0.4) is 0 Å². The summed E-state index contributed by atoms with van der Waals surface area (Å²) < 4.78 is 0. The standard InChI is InChI=1S/C25H35N5O8S/c1-18-11-28(14-23(33)34)7-6-27(13-22(31)32)8-9-29(15-24(35)36)21(12-30(18)16-25(37)38)10-19-2-4-20(5-3-19)26-17-39/h2-5,18,21H,6-16H2,1H3,(H,31,32)(H,33,34)(H,35,36)(H,37,38). The molecule has 0 spiro atoms. The predicted octanol–water partition coefficient (Wildman–Crippen LogP) is 0.281. The van der Waals surface area contributed by atoms with Crippen molar-refractivity contribution >= 4 is 46.9 Å². The van der Waals surface area contributed by atoms with Crippen LogP contribution in [0.1, 0.15) is 12.5 Å². The van der Waals surface area contributed by atoms with Crippen LogP contribution in [0.25, 0.3) is 0 Å². The maximum Gasteiger partial charge on any atom is 0.317 e. The van der Waals surface area contributed by atoms with E-state index in [2.05, 4.69) is 22.4 Å². The van der Waals surface area contributed by atoms with Crippen LogP contribution in [-0.2, 0) is 25.6 Å². The zero-order chi connectivity index (χ0) is 28.9. The zero-order valence-corrected chi connectivity index (χ0v) is 22.6. The number of carboxylic acids is 4. The molecule has 39 heavy (non-hydrogen) atoms. The van der Waals surface area contributed by atoms with Gasteiger partial charge in [-0.3, -0.25) is 38.8 Å². The van der Waals surface area contributed by atoms with Gasteiger partial charge in [0.15, 0.2) is 0 Å². The van der Waals surface area contributed by atoms with Gasteiger partial charge in [0.1, 0.15) is 0 Å². The molecule has 13 nitrogen and oxygen atoms in total. The highest BCUT2D eigenvalue weighted by molar-refractivity contribution is 7.78. The van der Waals surface area contributed by atoms with Crippen molar-refractivity contribution in [1.29, 1.82) is 0 Å². The van der Waals surface area contributed by atoms with Crippen LogP contribution in [0.2, 0.25) is 0 Å². The fourth-order valence-electron chi connectivity index (χ4n) is 4.68. The molecule has 2 rings (SSSR count). The van der Waals surface area contributed by atoms with Crippen molar-refractivity contribution in [3.8, 4) is 0 Å². The minimum Gasteiger partial charge on any atom is -0.480 e. The molecule has 0 amide bonds. The molecule has 1 fully saturated rings. The summed E-state index contributed by atoms with van der Waals surface area (Å²) in [5, 5.41) is 40.4. The molecule has 1 aliphatic rings. The molecule has 1 heterocycles. The Balaban J connectivity index is 2.47. The van der Waals surface area contributed by atoms with Crippen LogP contribution in [0, 0.1) is 0 Å². The first-order valence-electron chi connectivity index (χ1n) is 12.4. The number of carboxylic acid groups (broad SMARTS) is 4. The number of carbonyl (C=O) groups is 4. The van der Waals surface area contributed by atoms with Crippen molar-refractivity contribution in [2.24, 2.45) is 4.99 Å². The van der Waals surface area contributed by atoms with Gasteiger partial charge in [-0.25, -0.2) is 0 Å². The highest BCUT2D eigenvalue weighted by atomic mass is 32.1. The van der Waals surface area contributed by atoms with E-state index in [4.69, 9.17) is 0 Å². The number of nitrogens with zero attached hydrogens (tertiary/aromatic N) is 5. The van der Waals surface area contributed by atoms with Crippen molar-refractivity contribution in [2.45, 2.75) is 25.4 Å². The Morgan fingerprint density at radius 1 is 0.795 bits per heavy atom. The normalized spacial score (nSPS) is 20.7. The van der Waals surface area contributed by atoms with Crippen LogP contribution in [0.4, 0.5) is 5.69 Å². The van der Waals surface area contributed by atoms with Gasteiger partial charge in [-0.05, 0) is 43.3 Å². The molecule has 1 saturated heterocycles. The van der Waals surface area contributed by atoms with E-state index in [1.54, 1.807) is 38.7 Å². The molecule has 0 saturated carbocycles. The van der Waals surface area contributed by atoms with E-state index in [1.165, 1.54) is 0 Å². The van der Waals surface area contributed by atoms with E-state index >= 15 is 0 Å². The van der Waals surface area contributed by atoms with Gasteiger partial charge in [-0.1, -0.05) is 12.1 Å². The fourth-order valence-corrected chi connectivity index (χ4v) is 4.78. The summed E-state index contributed by atoms with van der Waals surface area (Å²) in [4.78, 5) is 57.3. The Hall–Kier alpha value is -3.26. The average Bonchev–Trinajstić information content (AvgIpc) is 2.83. The second-order valence-corrected chi connectivity index (χ2v) is 9.75. The Labute approximate surface area is 231 Å². The van der Waals surface area contributed by atoms with Crippen molar-refractivity contribution in [3.05, 3.63) is 29.8 Å². The predicted molar refractivity (Wildman–Crippen MR) is 145 cm³/mol. The maximum atomic E-state index is 11.8. The molecule has 1 aliphatic heterocycles. The van der Waals surface area contributed by atoms with Crippen LogP contribution >= 0.6 is 12.2 Å². The number of isothiocyanates is 1. The van der Waals surface area contributed by atoms with E-state index in [9.17, 15) is 39.6 Å². The summed E-state index contributed by atoms with van der Waals surface area (Å²) >= 11 is 4.64. The summed E-state index contributed by atoms with van der Waals surface area (Å²) in [5.74, 6) is -4.21. The van der Waals surface area contributed by atoms with E-state index in [0.29, 0.717) is 12.1 Å². The molecule has 0 aromatic heterocycles. The van der Waals surface area contributed by atoms with E-state index < -0.39 is 29.9 Å². The molecule has 14 heteroatoms. The monoisotopic (exact) mass is 565 g/mol. The topological polar surface area (TPSA) is 175 Å². The van der Waals surface area contributed by atoms with Gasteiger partial charge in [0, 0.05) is 51.4 Å². The average molecular weight is 566 g/mol. The largest absolute Gasteiger partial charge is 0.480 e. The number of aliphatic imine (C=N–C) groups is 1. The van der Waals surface area contributed by atoms with Crippen molar-refractivity contribution in [3.63, 3.8) is 0 Å². The number of aliphatic carboxylic acids is 4. The Bertz CT molecular complexity index is 1050. The molecule has 1 aromatic carbocycles. The van der Waals surface area contributed by atoms with Gasteiger partial charge in [0.05, 0.1) is 37.0 Å². The lowest BCUT2D eigenvalue weighted by molar-refractivity contribution is -0.142. The van der Waals surface area contributed by atoms with Gasteiger partial charge >= 0.3 is 23.9 Å². The van der Waals surface area contributed by atoms with Crippen molar-refractivity contribution in [2.75, 3.05) is 65.4 Å². The SMILES string of the molecule is CC1CN(CC(=O)O)CCN(CC(=O)O)CCN(CC(=O)O)C(Cc2ccc(N=C=S)cc2)CN1CC(=O)O. The van der Waals surface area contributed by atoms with Gasteiger partial charge in [0.25, 0.3) is 0 Å². The van der Waals surface area contributed by atoms with Crippen LogP contribution in [0.15, 0.2) is 29.3 Å². The van der Waals surface area contributed by atoms with Crippen LogP contribution in [0.5, 0.6) is 0 Å². The highest BCUT2D eigenvalue weighted by Crippen LogP contribution is 2.18. The molecule has 2 atom stereocenters. The first-order valence-corrected chi connectivity index (χ1v) is 12.8. The molecule has 1 aromatic rings. The summed E-state index contributed by atoms with van der Waals surface area (Å²) in [6.45, 7) is 1.98. The summed E-state index contributed by atoms with van der Waals surface area (Å²) in [6, 6.07) is 6.33. The lowest BCUT2D eigenvalue weighted by Crippen LogP contribution is -2.55. The Kier molecular flexibility index (Phi) is 13.1. The molecule has 4 N–H and O–H groups in total. The minimum absolute atomic E-state index is 0.195. The van der Waals surface area contributed by atoms with E-state index in [0.717, 1.165) is 5.56 Å². The quantitative estimate of drug-likeness (QED) is 0.213. The number of thiocarbonyl (C=S) groups is 1. The summed E-state index contributed by atoms with van der Waals surface area (Å²) in [7, 11) is 0. The molecule has 0 aliphatic carbocycles. The van der Waals surface area contributed by atoms with Crippen molar-refractivity contribution in [1.82, 2.24) is 19.6 Å². The van der Waals surface area contributed by atoms with Gasteiger partial charge in [-0.2, -0.15) is 4.99 Å². The fraction of sp³-hybridized carbons (Fsp3) is 0.560. The molecule has 0 bridgehead atoms. The van der Waals surface area contributed by atoms with Crippen LogP contribution < -0.4 is 0 Å². The second kappa shape index (κ2) is 16.0. The molecular formula is C25H35N5O8S.